The molecule has 372 valence electrons. The number of aliphatic hydroxyl groups excluding tert-OH is 2. The fraction of sp³-hybridized carbons (Fsp3) is 0.655. The van der Waals surface area contributed by atoms with Crippen LogP contribution < -0.4 is 14.8 Å². The molecular weight excluding hydrogens is 847 g/mol. The van der Waals surface area contributed by atoms with Gasteiger partial charge >= 0.3 is 12.2 Å². The van der Waals surface area contributed by atoms with Gasteiger partial charge in [0.25, 0.3) is 0 Å². The van der Waals surface area contributed by atoms with Crippen molar-refractivity contribution in [2.75, 3.05) is 32.9 Å². The van der Waals surface area contributed by atoms with E-state index in [0.29, 0.717) is 49.6 Å². The molecular formula is C55H83N3O9. The van der Waals surface area contributed by atoms with Gasteiger partial charge in [0.05, 0.1) is 18.2 Å². The zero-order valence-electron chi connectivity index (χ0n) is 41.5. The van der Waals surface area contributed by atoms with Crippen molar-refractivity contribution in [3.63, 3.8) is 0 Å². The number of benzene rings is 2. The Bertz CT molecular complexity index is 1880. The van der Waals surface area contributed by atoms with Crippen LogP contribution in [-0.4, -0.2) is 83.4 Å². The highest BCUT2D eigenvalue weighted by Crippen LogP contribution is 2.62. The Morgan fingerprint density at radius 2 is 1.58 bits per heavy atom. The first kappa shape index (κ1) is 53.6. The monoisotopic (exact) mass is 930 g/mol. The summed E-state index contributed by atoms with van der Waals surface area (Å²) < 4.78 is 26.5. The van der Waals surface area contributed by atoms with Crippen molar-refractivity contribution >= 4 is 17.9 Å². The summed E-state index contributed by atoms with van der Waals surface area (Å²) in [4.78, 5) is 35.9. The predicted octanol–water partition coefficient (Wildman–Crippen LogP) is 12.2. The van der Waals surface area contributed by atoms with Crippen molar-refractivity contribution in [3.8, 4) is 11.5 Å². The molecule has 1 heterocycles. The van der Waals surface area contributed by atoms with Crippen LogP contribution in [0.4, 0.5) is 9.59 Å². The molecule has 6 atom stereocenters. The lowest BCUT2D eigenvalue weighted by atomic mass is 9.55. The molecule has 0 bridgehead atoms. The van der Waals surface area contributed by atoms with Crippen LogP contribution >= 0.6 is 0 Å². The number of hydrogen-bond donors (Lipinski definition) is 3. The lowest BCUT2D eigenvalue weighted by Gasteiger charge is -2.60. The Morgan fingerprint density at radius 1 is 0.896 bits per heavy atom. The van der Waals surface area contributed by atoms with Crippen molar-refractivity contribution in [1.82, 2.24) is 10.2 Å². The summed E-state index contributed by atoms with van der Waals surface area (Å²) in [5.41, 5.74) is 2.78. The van der Waals surface area contributed by atoms with E-state index in [4.69, 9.17) is 28.9 Å². The van der Waals surface area contributed by atoms with E-state index in [1.165, 1.54) is 44.9 Å². The third-order valence-corrected chi connectivity index (χ3v) is 13.4. The van der Waals surface area contributed by atoms with E-state index in [1.807, 2.05) is 70.2 Å². The summed E-state index contributed by atoms with van der Waals surface area (Å²) in [6.45, 7) is 15.5. The van der Waals surface area contributed by atoms with Crippen LogP contribution in [0.1, 0.15) is 167 Å². The molecule has 67 heavy (non-hydrogen) atoms. The molecule has 3 N–H and O–H groups in total. The minimum atomic E-state index is -1.43. The van der Waals surface area contributed by atoms with Crippen LogP contribution in [0.25, 0.3) is 0 Å². The van der Waals surface area contributed by atoms with Crippen molar-refractivity contribution < 1.29 is 43.6 Å². The van der Waals surface area contributed by atoms with Crippen molar-refractivity contribution in [2.24, 2.45) is 22.9 Å². The average Bonchev–Trinajstić information content (AvgIpc) is 3.31. The lowest BCUT2D eigenvalue weighted by molar-refractivity contribution is -0.255. The first-order valence-corrected chi connectivity index (χ1v) is 25.7. The number of carbonyl (C=O) groups excluding carboxylic acids is 2. The number of nitrogens with zero attached hydrogens (tertiary/aromatic N) is 2. The number of allylic oxidation sites excluding steroid dienone is 1. The van der Waals surface area contributed by atoms with Gasteiger partial charge in [-0.2, -0.15) is 0 Å². The second kappa shape index (κ2) is 27.6. The first-order chi connectivity index (χ1) is 32.5. The van der Waals surface area contributed by atoms with Crippen LogP contribution in [0.3, 0.4) is 0 Å². The topological polar surface area (TPSA) is 148 Å². The summed E-state index contributed by atoms with van der Waals surface area (Å²) >= 11 is 0. The minimum Gasteiger partial charge on any atom is -0.459 e. The Hall–Kier alpha value is -4.39. The number of unbranched alkanes of at least 4 members (excludes halogenated alkanes) is 11. The Morgan fingerprint density at radius 3 is 2.24 bits per heavy atom. The van der Waals surface area contributed by atoms with Crippen LogP contribution in [0.5, 0.6) is 11.5 Å². The van der Waals surface area contributed by atoms with E-state index < -0.39 is 35.5 Å². The Kier molecular flexibility index (Phi) is 22.0. The number of oxime groups is 1. The van der Waals surface area contributed by atoms with Gasteiger partial charge in [-0.1, -0.05) is 132 Å². The molecule has 0 radical (unpaired) electrons. The number of hydrogen-bond acceptors (Lipinski definition) is 10. The quantitative estimate of drug-likeness (QED) is 0.0412. The van der Waals surface area contributed by atoms with E-state index in [2.05, 4.69) is 24.9 Å². The predicted molar refractivity (Wildman–Crippen MR) is 265 cm³/mol. The van der Waals surface area contributed by atoms with Gasteiger partial charge in [-0.15, -0.1) is 6.58 Å². The summed E-state index contributed by atoms with van der Waals surface area (Å²) in [6, 6.07) is 14.5. The second-order valence-corrected chi connectivity index (χ2v) is 19.7. The SMILES string of the molecule is C=CCO[C@@]12Oc3ccc(OC(=O)NCCCCCCCCCCCC)cc3[C@H]3[C@H](CCCCO)[C@@H](CCCCO)C=C(C(=NOC(C)(C)C)C[C@@H]1N(CCC)C(=O)OCc1ccccc1)[C@H]32. The largest absolute Gasteiger partial charge is 0.459 e. The third-order valence-electron chi connectivity index (χ3n) is 13.4. The number of ether oxygens (including phenoxy) is 4. The maximum absolute atomic E-state index is 14.6. The zero-order chi connectivity index (χ0) is 48.1. The van der Waals surface area contributed by atoms with Gasteiger partial charge in [0, 0.05) is 44.2 Å². The van der Waals surface area contributed by atoms with E-state index in [1.54, 1.807) is 17.0 Å². The van der Waals surface area contributed by atoms with Crippen LogP contribution in [0.2, 0.25) is 0 Å². The first-order valence-electron chi connectivity index (χ1n) is 25.7. The second-order valence-electron chi connectivity index (χ2n) is 19.7. The maximum Gasteiger partial charge on any atom is 0.412 e. The van der Waals surface area contributed by atoms with Gasteiger partial charge in [-0.25, -0.2) is 9.59 Å². The van der Waals surface area contributed by atoms with Gasteiger partial charge in [0.2, 0.25) is 5.79 Å². The molecule has 1 aliphatic heterocycles. The molecule has 5 rings (SSSR count). The number of rotatable bonds is 29. The van der Waals surface area contributed by atoms with Crippen molar-refractivity contribution in [1.29, 1.82) is 0 Å². The highest BCUT2D eigenvalue weighted by atomic mass is 16.7. The van der Waals surface area contributed by atoms with Crippen LogP contribution in [0.15, 0.2) is 78.0 Å². The average molecular weight is 930 g/mol. The summed E-state index contributed by atoms with van der Waals surface area (Å²) in [6.07, 6.45) is 20.6. The molecule has 12 heteroatoms. The summed E-state index contributed by atoms with van der Waals surface area (Å²) in [7, 11) is 0. The molecule has 0 spiro atoms. The molecule has 0 unspecified atom stereocenters. The molecule has 1 fully saturated rings. The smallest absolute Gasteiger partial charge is 0.412 e. The van der Waals surface area contributed by atoms with E-state index in [0.717, 1.165) is 61.6 Å². The molecule has 0 aromatic heterocycles. The third kappa shape index (κ3) is 15.3. The Labute approximate surface area is 401 Å². The van der Waals surface area contributed by atoms with Gasteiger partial charge in [0.1, 0.15) is 29.7 Å². The molecule has 2 aromatic carbocycles. The summed E-state index contributed by atoms with van der Waals surface area (Å²) in [5, 5.41) is 27.8. The van der Waals surface area contributed by atoms with E-state index in [9.17, 15) is 19.8 Å². The highest BCUT2D eigenvalue weighted by molar-refractivity contribution is 6.03. The highest BCUT2D eigenvalue weighted by Gasteiger charge is 2.65. The number of fused-ring (bicyclic) bond motifs is 2. The van der Waals surface area contributed by atoms with E-state index in [-0.39, 0.29) is 50.6 Å². The van der Waals surface area contributed by atoms with Gasteiger partial charge in [-0.05, 0) is 100 Å². The molecule has 1 saturated carbocycles. The number of carbonyl (C=O) groups is 2. The number of amides is 2. The van der Waals surface area contributed by atoms with Crippen LogP contribution in [-0.2, 0) is 20.9 Å². The Balaban J connectivity index is 1.55. The number of nitrogens with one attached hydrogen (secondary N) is 1. The summed E-state index contributed by atoms with van der Waals surface area (Å²) in [5.74, 6) is -1.15. The molecule has 3 aliphatic rings. The van der Waals surface area contributed by atoms with E-state index >= 15 is 0 Å². The fourth-order valence-corrected chi connectivity index (χ4v) is 10.3. The fourth-order valence-electron chi connectivity index (χ4n) is 10.3. The van der Waals surface area contributed by atoms with Gasteiger partial charge in [0.15, 0.2) is 0 Å². The lowest BCUT2D eigenvalue weighted by Crippen LogP contribution is -2.70. The molecule has 2 aliphatic carbocycles. The van der Waals surface area contributed by atoms with Crippen molar-refractivity contribution in [2.45, 2.75) is 180 Å². The zero-order valence-corrected chi connectivity index (χ0v) is 41.5. The van der Waals surface area contributed by atoms with Gasteiger partial charge in [-0.3, -0.25) is 4.90 Å². The molecule has 0 saturated heterocycles. The molecule has 12 nitrogen and oxygen atoms in total. The molecule has 2 amide bonds. The maximum atomic E-state index is 14.6. The van der Waals surface area contributed by atoms with Crippen molar-refractivity contribution in [3.05, 3.63) is 84.0 Å². The van der Waals surface area contributed by atoms with Gasteiger partial charge < -0.3 is 39.3 Å². The normalized spacial score (nSPS) is 22.5. The van der Waals surface area contributed by atoms with Crippen LogP contribution in [0, 0.1) is 17.8 Å². The molecule has 2 aromatic rings. The number of aliphatic hydroxyl groups is 2. The minimum absolute atomic E-state index is 0.0157. The standard InChI is InChI=1S/C55H83N3O9/c1-7-10-11-12-13-14-15-16-17-23-32-56-52(61)65-43-30-31-48-46(38-43)50-44(29-22-25-35-60)42(28-21-24-34-59)37-45-47(57-67-54(4,5)6)39-49(55(66-48,51(45)50)64-36-9-3)58(33-8-2)53(62)63-40-41-26-19-18-20-27-41/h9,18-20,26-27,30-31,37-38,42,44,49-51,59-60H,3,7-8,10-17,21-25,28-29,32-36,39-40H2,1-2,4-6H3,(H,56,61)/t42-,44+,49-,50+,51+,55+/m0/s1.